The SMILES string of the molecule is CCCc1nnn2c1SCC(c1ccc(OC)c(OC)c1)=N2. The van der Waals surface area contributed by atoms with Crippen LogP contribution < -0.4 is 9.47 Å². The Morgan fingerprint density at radius 3 is 2.77 bits per heavy atom. The summed E-state index contributed by atoms with van der Waals surface area (Å²) in [4.78, 5) is 1.63. The van der Waals surface area contributed by atoms with E-state index in [-0.39, 0.29) is 0 Å². The Balaban J connectivity index is 1.94. The van der Waals surface area contributed by atoms with Gasteiger partial charge in [0.2, 0.25) is 0 Å². The van der Waals surface area contributed by atoms with E-state index in [0.717, 1.165) is 40.6 Å². The molecule has 7 heteroatoms. The standard InChI is InChI=1S/C15H18N4O2S/c1-4-5-11-15-19(18-16-11)17-12(9-22-15)10-6-7-13(20-2)14(8-10)21-3/h6-8H,4-5,9H2,1-3H3. The molecule has 0 saturated carbocycles. The zero-order valence-corrected chi connectivity index (χ0v) is 13.7. The summed E-state index contributed by atoms with van der Waals surface area (Å²) >= 11 is 1.72. The second-order valence-corrected chi connectivity index (χ2v) is 5.85. The molecule has 0 atom stereocenters. The largest absolute Gasteiger partial charge is 0.493 e. The van der Waals surface area contributed by atoms with Gasteiger partial charge in [0.15, 0.2) is 11.5 Å². The summed E-state index contributed by atoms with van der Waals surface area (Å²) in [6.07, 6.45) is 1.99. The molecule has 22 heavy (non-hydrogen) atoms. The molecule has 6 nitrogen and oxygen atoms in total. The topological polar surface area (TPSA) is 61.5 Å². The van der Waals surface area contributed by atoms with Gasteiger partial charge in [-0.1, -0.05) is 25.1 Å². The predicted octanol–water partition coefficient (Wildman–Crippen LogP) is 2.61. The Hall–Kier alpha value is -2.02. The van der Waals surface area contributed by atoms with Crippen LogP contribution in [0.2, 0.25) is 0 Å². The first-order valence-electron chi connectivity index (χ1n) is 7.14. The minimum Gasteiger partial charge on any atom is -0.493 e. The van der Waals surface area contributed by atoms with Crippen LogP contribution in [0.3, 0.4) is 0 Å². The predicted molar refractivity (Wildman–Crippen MR) is 86.2 cm³/mol. The molecule has 2 heterocycles. The molecule has 3 rings (SSSR count). The van der Waals surface area contributed by atoms with Crippen LogP contribution >= 0.6 is 11.8 Å². The molecule has 0 saturated heterocycles. The zero-order valence-electron chi connectivity index (χ0n) is 12.9. The molecule has 1 aliphatic rings. The van der Waals surface area contributed by atoms with Crippen molar-refractivity contribution in [1.82, 2.24) is 15.1 Å². The Morgan fingerprint density at radius 1 is 1.23 bits per heavy atom. The van der Waals surface area contributed by atoms with Crippen molar-refractivity contribution < 1.29 is 9.47 Å². The number of rotatable bonds is 5. The van der Waals surface area contributed by atoms with Gasteiger partial charge >= 0.3 is 0 Å². The lowest BCUT2D eigenvalue weighted by Gasteiger charge is -2.15. The molecule has 0 N–H and O–H groups in total. The van der Waals surface area contributed by atoms with Crippen molar-refractivity contribution in [2.45, 2.75) is 24.8 Å². The highest BCUT2D eigenvalue weighted by atomic mass is 32.2. The second kappa shape index (κ2) is 6.39. The Morgan fingerprint density at radius 2 is 2.05 bits per heavy atom. The molecule has 0 fully saturated rings. The van der Waals surface area contributed by atoms with Gasteiger partial charge in [-0.3, -0.25) is 0 Å². The van der Waals surface area contributed by atoms with E-state index in [1.54, 1.807) is 30.8 Å². The number of fused-ring (bicyclic) bond motifs is 1. The second-order valence-electron chi connectivity index (χ2n) is 4.89. The van der Waals surface area contributed by atoms with E-state index in [4.69, 9.17) is 9.47 Å². The Kier molecular flexibility index (Phi) is 4.33. The molecule has 1 aromatic carbocycles. The van der Waals surface area contributed by atoms with Crippen molar-refractivity contribution in [2.24, 2.45) is 5.10 Å². The summed E-state index contributed by atoms with van der Waals surface area (Å²) in [5, 5.41) is 14.0. The monoisotopic (exact) mass is 318 g/mol. The molecule has 0 radical (unpaired) electrons. The van der Waals surface area contributed by atoms with Gasteiger partial charge in [0.1, 0.15) is 5.03 Å². The highest BCUT2D eigenvalue weighted by molar-refractivity contribution is 8.00. The molecule has 1 aliphatic heterocycles. The van der Waals surface area contributed by atoms with Crippen LogP contribution in [0.5, 0.6) is 11.5 Å². The number of thioether (sulfide) groups is 1. The Bertz CT molecular complexity index is 712. The van der Waals surface area contributed by atoms with E-state index < -0.39 is 0 Å². The maximum Gasteiger partial charge on any atom is 0.161 e. The molecule has 0 spiro atoms. The molecule has 0 unspecified atom stereocenters. The van der Waals surface area contributed by atoms with Crippen molar-refractivity contribution in [2.75, 3.05) is 20.0 Å². The maximum absolute atomic E-state index is 5.35. The quantitative estimate of drug-likeness (QED) is 0.848. The molecular formula is C15H18N4O2S. The number of methoxy groups -OCH3 is 2. The van der Waals surface area contributed by atoms with Gasteiger partial charge in [-0.25, -0.2) is 0 Å². The highest BCUT2D eigenvalue weighted by Gasteiger charge is 2.20. The first-order chi connectivity index (χ1) is 10.8. The van der Waals surface area contributed by atoms with Crippen LogP contribution in [0.15, 0.2) is 28.3 Å². The lowest BCUT2D eigenvalue weighted by atomic mass is 10.1. The van der Waals surface area contributed by atoms with Crippen LogP contribution in [-0.4, -0.2) is 40.8 Å². The van der Waals surface area contributed by atoms with Crippen LogP contribution in [0.4, 0.5) is 0 Å². The molecule has 2 aromatic rings. The van der Waals surface area contributed by atoms with Gasteiger partial charge in [0, 0.05) is 11.3 Å². The third-order valence-corrected chi connectivity index (χ3v) is 4.53. The summed E-state index contributed by atoms with van der Waals surface area (Å²) in [6, 6.07) is 5.81. The third kappa shape index (κ3) is 2.68. The summed E-state index contributed by atoms with van der Waals surface area (Å²) in [7, 11) is 3.26. The van der Waals surface area contributed by atoms with Gasteiger partial charge in [-0.2, -0.15) is 5.10 Å². The average Bonchev–Trinajstić information content (AvgIpc) is 2.97. The van der Waals surface area contributed by atoms with Crippen molar-refractivity contribution in [3.8, 4) is 11.5 Å². The maximum atomic E-state index is 5.35. The fourth-order valence-corrected chi connectivity index (χ4v) is 3.33. The average molecular weight is 318 g/mol. The summed E-state index contributed by atoms with van der Waals surface area (Å²) < 4.78 is 10.6. The normalized spacial score (nSPS) is 13.5. The number of benzene rings is 1. The lowest BCUT2D eigenvalue weighted by molar-refractivity contribution is 0.355. The molecular weight excluding hydrogens is 300 g/mol. The van der Waals surface area contributed by atoms with Gasteiger partial charge in [-0.15, -0.1) is 9.89 Å². The highest BCUT2D eigenvalue weighted by Crippen LogP contribution is 2.31. The molecule has 116 valence electrons. The summed E-state index contributed by atoms with van der Waals surface area (Å²) in [5.74, 6) is 2.20. The van der Waals surface area contributed by atoms with Gasteiger partial charge in [0.05, 0.1) is 25.6 Å². The summed E-state index contributed by atoms with van der Waals surface area (Å²) in [6.45, 7) is 2.14. The Labute approximate surface area is 133 Å². The van der Waals surface area contributed by atoms with Crippen LogP contribution in [-0.2, 0) is 6.42 Å². The van der Waals surface area contributed by atoms with Crippen molar-refractivity contribution in [1.29, 1.82) is 0 Å². The van der Waals surface area contributed by atoms with E-state index in [9.17, 15) is 0 Å². The molecule has 1 aromatic heterocycles. The van der Waals surface area contributed by atoms with Gasteiger partial charge in [0.25, 0.3) is 0 Å². The number of hydrogen-bond acceptors (Lipinski definition) is 6. The fourth-order valence-electron chi connectivity index (χ4n) is 2.33. The number of aryl methyl sites for hydroxylation is 1. The van der Waals surface area contributed by atoms with Crippen molar-refractivity contribution in [3.05, 3.63) is 29.5 Å². The van der Waals surface area contributed by atoms with E-state index in [1.807, 2.05) is 18.2 Å². The fraction of sp³-hybridized carbons (Fsp3) is 0.400. The van der Waals surface area contributed by atoms with Crippen LogP contribution in [0.1, 0.15) is 24.6 Å². The van der Waals surface area contributed by atoms with E-state index in [1.165, 1.54) is 0 Å². The van der Waals surface area contributed by atoms with E-state index >= 15 is 0 Å². The van der Waals surface area contributed by atoms with E-state index in [0.29, 0.717) is 11.5 Å². The number of nitrogens with zero attached hydrogens (tertiary/aromatic N) is 4. The van der Waals surface area contributed by atoms with Gasteiger partial charge < -0.3 is 9.47 Å². The first kappa shape index (κ1) is 14.9. The third-order valence-electron chi connectivity index (χ3n) is 3.44. The minimum atomic E-state index is 0.698. The lowest BCUT2D eigenvalue weighted by Crippen LogP contribution is -2.14. The van der Waals surface area contributed by atoms with Crippen LogP contribution in [0, 0.1) is 0 Å². The van der Waals surface area contributed by atoms with Crippen molar-refractivity contribution >= 4 is 17.5 Å². The first-order valence-corrected chi connectivity index (χ1v) is 8.13. The van der Waals surface area contributed by atoms with Crippen LogP contribution in [0.25, 0.3) is 0 Å². The van der Waals surface area contributed by atoms with E-state index in [2.05, 4.69) is 22.3 Å². The molecule has 0 amide bonds. The molecule has 0 aliphatic carbocycles. The minimum absolute atomic E-state index is 0.698. The smallest absolute Gasteiger partial charge is 0.161 e. The summed E-state index contributed by atoms with van der Waals surface area (Å²) in [5.41, 5.74) is 2.98. The van der Waals surface area contributed by atoms with Crippen molar-refractivity contribution in [3.63, 3.8) is 0 Å². The zero-order chi connectivity index (χ0) is 15.5. The van der Waals surface area contributed by atoms with Gasteiger partial charge in [-0.05, 0) is 29.8 Å². The molecule has 0 bridgehead atoms. The number of hydrogen-bond donors (Lipinski definition) is 0. The number of aromatic nitrogens is 3. The number of ether oxygens (including phenoxy) is 2.